The van der Waals surface area contributed by atoms with Gasteiger partial charge in [-0.1, -0.05) is 11.2 Å². The van der Waals surface area contributed by atoms with Crippen LogP contribution in [0.5, 0.6) is 0 Å². The normalized spacial score (nSPS) is 11.5. The molecule has 0 fully saturated rings. The van der Waals surface area contributed by atoms with E-state index in [-0.39, 0.29) is 23.8 Å². The van der Waals surface area contributed by atoms with Crippen LogP contribution in [-0.4, -0.2) is 24.5 Å². The summed E-state index contributed by atoms with van der Waals surface area (Å²) in [4.78, 5) is 17.5. The van der Waals surface area contributed by atoms with Gasteiger partial charge in [0.1, 0.15) is 5.76 Å². The molecule has 31 heavy (non-hydrogen) atoms. The molecule has 3 heterocycles. The molecule has 1 aromatic carbocycles. The second kappa shape index (κ2) is 9.25. The molecule has 160 valence electrons. The second-order valence-corrected chi connectivity index (χ2v) is 9.18. The summed E-state index contributed by atoms with van der Waals surface area (Å²) >= 11 is 1.50. The van der Waals surface area contributed by atoms with Crippen molar-refractivity contribution in [3.63, 3.8) is 0 Å². The van der Waals surface area contributed by atoms with Crippen molar-refractivity contribution in [2.45, 2.75) is 24.3 Å². The van der Waals surface area contributed by atoms with Gasteiger partial charge in [-0.05, 0) is 47.8 Å². The first kappa shape index (κ1) is 21.0. The monoisotopic (exact) mass is 458 g/mol. The summed E-state index contributed by atoms with van der Waals surface area (Å²) in [5, 5.41) is 8.55. The number of nitrogens with zero attached hydrogens (tertiary/aromatic N) is 2. The summed E-state index contributed by atoms with van der Waals surface area (Å²) < 4.78 is 37.4. The lowest BCUT2D eigenvalue weighted by molar-refractivity contribution is -0.116. The Labute approximate surface area is 182 Å². The molecular formula is C20H18N4O5S2. The number of anilines is 1. The number of thiophene rings is 1. The SMILES string of the molecule is O=C(CCc1nc(-c2cccs2)no1)Nc1ccc(S(=O)(=O)NCc2ccco2)cc1. The Kier molecular flexibility index (Phi) is 6.26. The molecular weight excluding hydrogens is 440 g/mol. The summed E-state index contributed by atoms with van der Waals surface area (Å²) in [6.07, 6.45) is 1.92. The van der Waals surface area contributed by atoms with Gasteiger partial charge in [0, 0.05) is 18.5 Å². The van der Waals surface area contributed by atoms with Crippen molar-refractivity contribution in [3.05, 3.63) is 71.8 Å². The molecule has 0 spiro atoms. The number of hydrogen-bond acceptors (Lipinski definition) is 8. The number of carbonyl (C=O) groups is 1. The number of aromatic nitrogens is 2. The zero-order valence-corrected chi connectivity index (χ0v) is 17.8. The zero-order chi connectivity index (χ0) is 21.7. The molecule has 11 heteroatoms. The first-order chi connectivity index (χ1) is 15.0. The lowest BCUT2D eigenvalue weighted by Crippen LogP contribution is -2.23. The quantitative estimate of drug-likeness (QED) is 0.393. The van der Waals surface area contributed by atoms with Crippen molar-refractivity contribution >= 4 is 33.0 Å². The van der Waals surface area contributed by atoms with E-state index in [0.29, 0.717) is 29.6 Å². The molecule has 0 aliphatic rings. The molecule has 0 saturated carbocycles. The summed E-state index contributed by atoms with van der Waals surface area (Å²) in [6, 6.07) is 13.1. The fourth-order valence-electron chi connectivity index (χ4n) is 2.69. The van der Waals surface area contributed by atoms with Crippen LogP contribution in [0.4, 0.5) is 5.69 Å². The van der Waals surface area contributed by atoms with E-state index in [4.69, 9.17) is 8.94 Å². The van der Waals surface area contributed by atoms with E-state index in [1.807, 2.05) is 17.5 Å². The van der Waals surface area contributed by atoms with Crippen LogP contribution in [0, 0.1) is 0 Å². The number of aryl methyl sites for hydroxylation is 1. The van der Waals surface area contributed by atoms with Gasteiger partial charge in [-0.15, -0.1) is 11.3 Å². The summed E-state index contributed by atoms with van der Waals surface area (Å²) in [6.45, 7) is 0.0533. The lowest BCUT2D eigenvalue weighted by atomic mass is 10.2. The van der Waals surface area contributed by atoms with Gasteiger partial charge in [0.05, 0.1) is 22.6 Å². The van der Waals surface area contributed by atoms with Crippen LogP contribution < -0.4 is 10.0 Å². The Morgan fingerprint density at radius 1 is 1.10 bits per heavy atom. The van der Waals surface area contributed by atoms with Crippen molar-refractivity contribution < 1.29 is 22.2 Å². The van der Waals surface area contributed by atoms with Crippen LogP contribution in [0.15, 0.2) is 74.0 Å². The highest BCUT2D eigenvalue weighted by atomic mass is 32.2. The maximum Gasteiger partial charge on any atom is 0.240 e. The molecule has 4 aromatic rings. The minimum Gasteiger partial charge on any atom is -0.468 e. The molecule has 4 rings (SSSR count). The van der Waals surface area contributed by atoms with Crippen molar-refractivity contribution in [2.24, 2.45) is 0 Å². The smallest absolute Gasteiger partial charge is 0.240 e. The highest BCUT2D eigenvalue weighted by Gasteiger charge is 2.15. The van der Waals surface area contributed by atoms with E-state index in [1.165, 1.54) is 41.9 Å². The molecule has 9 nitrogen and oxygen atoms in total. The van der Waals surface area contributed by atoms with Gasteiger partial charge in [-0.25, -0.2) is 13.1 Å². The zero-order valence-electron chi connectivity index (χ0n) is 16.1. The number of carbonyl (C=O) groups excluding carboxylic acids is 1. The second-order valence-electron chi connectivity index (χ2n) is 6.47. The largest absolute Gasteiger partial charge is 0.468 e. The van der Waals surface area contributed by atoms with Crippen LogP contribution in [0.25, 0.3) is 10.7 Å². The Hall–Kier alpha value is -3.28. The molecule has 0 aliphatic carbocycles. The Balaban J connectivity index is 1.28. The molecule has 0 bridgehead atoms. The van der Waals surface area contributed by atoms with Crippen LogP contribution in [-0.2, 0) is 27.8 Å². The molecule has 0 atom stereocenters. The number of furan rings is 1. The topological polar surface area (TPSA) is 127 Å². The number of benzene rings is 1. The van der Waals surface area contributed by atoms with E-state index >= 15 is 0 Å². The fraction of sp³-hybridized carbons (Fsp3) is 0.150. The van der Waals surface area contributed by atoms with Crippen LogP contribution in [0.3, 0.4) is 0 Å². The Morgan fingerprint density at radius 3 is 2.65 bits per heavy atom. The maximum atomic E-state index is 12.3. The molecule has 0 unspecified atom stereocenters. The lowest BCUT2D eigenvalue weighted by Gasteiger charge is -2.08. The van der Waals surface area contributed by atoms with Gasteiger partial charge in [0.2, 0.25) is 27.6 Å². The molecule has 1 amide bonds. The van der Waals surface area contributed by atoms with Crippen molar-refractivity contribution in [2.75, 3.05) is 5.32 Å². The van der Waals surface area contributed by atoms with Crippen LogP contribution in [0.1, 0.15) is 18.1 Å². The average molecular weight is 459 g/mol. The first-order valence-electron chi connectivity index (χ1n) is 9.28. The number of rotatable bonds is 9. The predicted molar refractivity (Wildman–Crippen MR) is 114 cm³/mol. The van der Waals surface area contributed by atoms with Crippen molar-refractivity contribution in [1.82, 2.24) is 14.9 Å². The average Bonchev–Trinajstić information content (AvgIpc) is 3.54. The van der Waals surface area contributed by atoms with E-state index in [2.05, 4.69) is 20.2 Å². The number of nitrogens with one attached hydrogen (secondary N) is 2. The van der Waals surface area contributed by atoms with Crippen LogP contribution in [0.2, 0.25) is 0 Å². The highest BCUT2D eigenvalue weighted by molar-refractivity contribution is 7.89. The summed E-state index contributed by atoms with van der Waals surface area (Å²) in [5.74, 6) is 1.14. The van der Waals surface area contributed by atoms with Crippen molar-refractivity contribution in [1.29, 1.82) is 0 Å². The van der Waals surface area contributed by atoms with Crippen molar-refractivity contribution in [3.8, 4) is 10.7 Å². The molecule has 2 N–H and O–H groups in total. The summed E-state index contributed by atoms with van der Waals surface area (Å²) in [7, 11) is -3.69. The van der Waals surface area contributed by atoms with Gasteiger partial charge in [0.25, 0.3) is 0 Å². The number of hydrogen-bond donors (Lipinski definition) is 2. The van der Waals surface area contributed by atoms with E-state index in [1.54, 1.807) is 12.1 Å². The third-order valence-electron chi connectivity index (χ3n) is 4.24. The predicted octanol–water partition coefficient (Wildman–Crippen LogP) is 3.44. The molecule has 3 aromatic heterocycles. The van der Waals surface area contributed by atoms with E-state index < -0.39 is 10.0 Å². The van der Waals surface area contributed by atoms with Gasteiger partial charge >= 0.3 is 0 Å². The first-order valence-corrected chi connectivity index (χ1v) is 11.6. The Bertz CT molecular complexity index is 1230. The van der Waals surface area contributed by atoms with E-state index in [0.717, 1.165) is 4.88 Å². The fourth-order valence-corrected chi connectivity index (χ4v) is 4.33. The van der Waals surface area contributed by atoms with Crippen LogP contribution >= 0.6 is 11.3 Å². The minimum absolute atomic E-state index is 0.0533. The van der Waals surface area contributed by atoms with Gasteiger partial charge in [-0.3, -0.25) is 4.79 Å². The third kappa shape index (κ3) is 5.45. The highest BCUT2D eigenvalue weighted by Crippen LogP contribution is 2.21. The molecule has 0 radical (unpaired) electrons. The minimum atomic E-state index is -3.69. The van der Waals surface area contributed by atoms with Gasteiger partial charge in [0.15, 0.2) is 0 Å². The summed E-state index contributed by atoms with van der Waals surface area (Å²) in [5.41, 5.74) is 0.486. The Morgan fingerprint density at radius 2 is 1.94 bits per heavy atom. The molecule has 0 saturated heterocycles. The van der Waals surface area contributed by atoms with E-state index in [9.17, 15) is 13.2 Å². The number of sulfonamides is 1. The number of amides is 1. The molecule has 0 aliphatic heterocycles. The third-order valence-corrected chi connectivity index (χ3v) is 6.52. The standard InChI is InChI=1S/C20H18N4O5S2/c25-18(9-10-19-23-20(24-29-19)17-4-2-12-30-17)22-14-5-7-16(8-6-14)31(26,27)21-13-15-3-1-11-28-15/h1-8,11-12,21H,9-10,13H2,(H,22,25). The maximum absolute atomic E-state index is 12.3. The van der Waals surface area contributed by atoms with Gasteiger partial charge in [-0.2, -0.15) is 4.98 Å². The van der Waals surface area contributed by atoms with Gasteiger partial charge < -0.3 is 14.3 Å².